The van der Waals surface area contributed by atoms with E-state index in [2.05, 4.69) is 4.98 Å². The smallest absolute Gasteiger partial charge is 0.0480 e. The molecule has 1 unspecified atom stereocenters. The molecule has 0 fully saturated rings. The number of methoxy groups -OCH3 is 1. The van der Waals surface area contributed by atoms with Crippen molar-refractivity contribution < 1.29 is 4.74 Å². The highest BCUT2D eigenvalue weighted by atomic mass is 16.5. The maximum absolute atomic E-state index is 5.86. The highest BCUT2D eigenvalue weighted by molar-refractivity contribution is 5.12. The Kier molecular flexibility index (Phi) is 3.70. The van der Waals surface area contributed by atoms with Gasteiger partial charge < -0.3 is 10.5 Å². The maximum Gasteiger partial charge on any atom is 0.0480 e. The van der Waals surface area contributed by atoms with Crippen molar-refractivity contribution in [2.45, 2.75) is 12.5 Å². The van der Waals surface area contributed by atoms with E-state index in [1.807, 2.05) is 12.1 Å². The van der Waals surface area contributed by atoms with E-state index < -0.39 is 0 Å². The quantitative estimate of drug-likeness (QED) is 0.729. The first-order chi connectivity index (χ1) is 5.84. The Labute approximate surface area is 72.6 Å². The van der Waals surface area contributed by atoms with Gasteiger partial charge in [-0.05, 0) is 18.1 Å². The van der Waals surface area contributed by atoms with Crippen molar-refractivity contribution in [3.05, 3.63) is 30.1 Å². The van der Waals surface area contributed by atoms with Crippen molar-refractivity contribution in [3.63, 3.8) is 0 Å². The van der Waals surface area contributed by atoms with Crippen LogP contribution < -0.4 is 5.73 Å². The Morgan fingerprint density at radius 1 is 1.67 bits per heavy atom. The van der Waals surface area contributed by atoms with E-state index >= 15 is 0 Å². The summed E-state index contributed by atoms with van der Waals surface area (Å²) in [4.78, 5) is 3.99. The predicted octanol–water partition coefficient (Wildman–Crippen LogP) is 1.12. The highest BCUT2D eigenvalue weighted by Gasteiger charge is 2.03. The number of nitrogens with two attached hydrogens (primary N) is 1. The molecule has 1 aromatic heterocycles. The Balaban J connectivity index is 2.48. The molecule has 0 aliphatic heterocycles. The molecule has 0 aromatic carbocycles. The molecule has 0 spiro atoms. The van der Waals surface area contributed by atoms with Gasteiger partial charge in [-0.3, -0.25) is 4.98 Å². The van der Waals surface area contributed by atoms with Crippen molar-refractivity contribution >= 4 is 0 Å². The van der Waals surface area contributed by atoms with Crippen molar-refractivity contribution in [1.82, 2.24) is 4.98 Å². The van der Waals surface area contributed by atoms with Crippen LogP contribution >= 0.6 is 0 Å². The van der Waals surface area contributed by atoms with Gasteiger partial charge in [-0.25, -0.2) is 0 Å². The van der Waals surface area contributed by atoms with Crippen LogP contribution in [0.4, 0.5) is 0 Å². The standard InChI is InChI=1S/C9H14N2O/c1-12-6-4-9(10)8-3-2-5-11-7-8/h2-3,5,7,9H,4,6,10H2,1H3. The van der Waals surface area contributed by atoms with Gasteiger partial charge in [0.15, 0.2) is 0 Å². The first kappa shape index (κ1) is 9.16. The van der Waals surface area contributed by atoms with Crippen LogP contribution in [-0.2, 0) is 4.74 Å². The summed E-state index contributed by atoms with van der Waals surface area (Å²) in [7, 11) is 1.68. The van der Waals surface area contributed by atoms with E-state index in [4.69, 9.17) is 10.5 Å². The number of hydrogen-bond acceptors (Lipinski definition) is 3. The number of rotatable bonds is 4. The summed E-state index contributed by atoms with van der Waals surface area (Å²) in [6.07, 6.45) is 4.37. The van der Waals surface area contributed by atoms with E-state index in [0.29, 0.717) is 6.61 Å². The van der Waals surface area contributed by atoms with Crippen LogP contribution in [-0.4, -0.2) is 18.7 Å². The zero-order valence-electron chi connectivity index (χ0n) is 7.23. The second kappa shape index (κ2) is 4.85. The molecule has 0 aliphatic carbocycles. The fourth-order valence-corrected chi connectivity index (χ4v) is 1.01. The van der Waals surface area contributed by atoms with E-state index in [9.17, 15) is 0 Å². The van der Waals surface area contributed by atoms with Crippen LogP contribution in [0, 0.1) is 0 Å². The minimum Gasteiger partial charge on any atom is -0.385 e. The Hall–Kier alpha value is -0.930. The Morgan fingerprint density at radius 2 is 2.50 bits per heavy atom. The fraction of sp³-hybridized carbons (Fsp3) is 0.444. The normalized spacial score (nSPS) is 12.8. The van der Waals surface area contributed by atoms with Gasteiger partial charge in [-0.1, -0.05) is 6.07 Å². The molecule has 2 N–H and O–H groups in total. The lowest BCUT2D eigenvalue weighted by atomic mass is 10.1. The largest absolute Gasteiger partial charge is 0.385 e. The van der Waals surface area contributed by atoms with Crippen LogP contribution in [0.1, 0.15) is 18.0 Å². The summed E-state index contributed by atoms with van der Waals surface area (Å²) < 4.78 is 4.93. The van der Waals surface area contributed by atoms with Crippen LogP contribution in [0.2, 0.25) is 0 Å². The average Bonchev–Trinajstić information content (AvgIpc) is 2.15. The van der Waals surface area contributed by atoms with Gasteiger partial charge in [0.25, 0.3) is 0 Å². The number of aromatic nitrogens is 1. The maximum atomic E-state index is 5.86. The van der Waals surface area contributed by atoms with Gasteiger partial charge in [0.2, 0.25) is 0 Å². The molecular weight excluding hydrogens is 152 g/mol. The first-order valence-electron chi connectivity index (χ1n) is 3.99. The molecule has 66 valence electrons. The van der Waals surface area contributed by atoms with Crippen molar-refractivity contribution in [3.8, 4) is 0 Å². The summed E-state index contributed by atoms with van der Waals surface area (Å²) in [5, 5.41) is 0. The Morgan fingerprint density at radius 3 is 3.08 bits per heavy atom. The first-order valence-corrected chi connectivity index (χ1v) is 3.99. The van der Waals surface area contributed by atoms with E-state index in [0.717, 1.165) is 12.0 Å². The molecule has 0 saturated heterocycles. The van der Waals surface area contributed by atoms with E-state index in [-0.39, 0.29) is 6.04 Å². The van der Waals surface area contributed by atoms with E-state index in [1.54, 1.807) is 19.5 Å². The molecule has 12 heavy (non-hydrogen) atoms. The molecule has 1 aromatic rings. The molecule has 1 atom stereocenters. The molecule has 0 radical (unpaired) electrons. The van der Waals surface area contributed by atoms with Crippen LogP contribution in [0.15, 0.2) is 24.5 Å². The average molecular weight is 166 g/mol. The van der Waals surface area contributed by atoms with Crippen molar-refractivity contribution in [2.24, 2.45) is 5.73 Å². The Bertz CT molecular complexity index is 213. The van der Waals surface area contributed by atoms with E-state index in [1.165, 1.54) is 0 Å². The topological polar surface area (TPSA) is 48.1 Å². The molecule has 0 aliphatic rings. The SMILES string of the molecule is COCCC(N)c1cccnc1. The molecule has 1 rings (SSSR count). The zero-order valence-corrected chi connectivity index (χ0v) is 7.23. The fourth-order valence-electron chi connectivity index (χ4n) is 1.01. The molecular formula is C9H14N2O. The molecule has 0 saturated carbocycles. The van der Waals surface area contributed by atoms with Gasteiger partial charge in [0, 0.05) is 32.2 Å². The van der Waals surface area contributed by atoms with Crippen LogP contribution in [0.25, 0.3) is 0 Å². The minimum atomic E-state index is 0.0404. The third-order valence-corrected chi connectivity index (χ3v) is 1.75. The van der Waals surface area contributed by atoms with Gasteiger partial charge >= 0.3 is 0 Å². The molecule has 0 amide bonds. The van der Waals surface area contributed by atoms with Gasteiger partial charge in [-0.2, -0.15) is 0 Å². The van der Waals surface area contributed by atoms with Crippen LogP contribution in [0.3, 0.4) is 0 Å². The van der Waals surface area contributed by atoms with Gasteiger partial charge in [0.05, 0.1) is 0 Å². The highest BCUT2D eigenvalue weighted by Crippen LogP contribution is 2.11. The third-order valence-electron chi connectivity index (χ3n) is 1.75. The molecule has 1 heterocycles. The summed E-state index contributed by atoms with van der Waals surface area (Å²) in [6, 6.07) is 3.91. The van der Waals surface area contributed by atoms with Crippen LogP contribution in [0.5, 0.6) is 0 Å². The van der Waals surface area contributed by atoms with Crippen molar-refractivity contribution in [2.75, 3.05) is 13.7 Å². The minimum absolute atomic E-state index is 0.0404. The van der Waals surface area contributed by atoms with Gasteiger partial charge in [-0.15, -0.1) is 0 Å². The summed E-state index contributed by atoms with van der Waals surface area (Å²) in [5.74, 6) is 0. The second-order valence-electron chi connectivity index (χ2n) is 2.67. The molecule has 3 heteroatoms. The second-order valence-corrected chi connectivity index (χ2v) is 2.67. The monoisotopic (exact) mass is 166 g/mol. The zero-order chi connectivity index (χ0) is 8.81. The molecule has 3 nitrogen and oxygen atoms in total. The predicted molar refractivity (Wildman–Crippen MR) is 47.7 cm³/mol. The number of hydrogen-bond donors (Lipinski definition) is 1. The number of ether oxygens (including phenoxy) is 1. The lowest BCUT2D eigenvalue weighted by Crippen LogP contribution is -2.12. The third kappa shape index (κ3) is 2.60. The van der Waals surface area contributed by atoms with Crippen molar-refractivity contribution in [1.29, 1.82) is 0 Å². The molecule has 0 bridgehead atoms. The lowest BCUT2D eigenvalue weighted by Gasteiger charge is -2.09. The number of pyridine rings is 1. The summed E-state index contributed by atoms with van der Waals surface area (Å²) in [6.45, 7) is 0.691. The lowest BCUT2D eigenvalue weighted by molar-refractivity contribution is 0.188. The summed E-state index contributed by atoms with van der Waals surface area (Å²) in [5.41, 5.74) is 6.93. The van der Waals surface area contributed by atoms with Gasteiger partial charge in [0.1, 0.15) is 0 Å². The number of nitrogens with zero attached hydrogens (tertiary/aromatic N) is 1. The summed E-state index contributed by atoms with van der Waals surface area (Å²) >= 11 is 0.